The summed E-state index contributed by atoms with van der Waals surface area (Å²) in [6, 6.07) is 12.2. The van der Waals surface area contributed by atoms with E-state index in [9.17, 15) is 18.0 Å². The van der Waals surface area contributed by atoms with Crippen molar-refractivity contribution in [2.24, 2.45) is 5.41 Å². The molecule has 1 saturated carbocycles. The molecule has 2 atom stereocenters. The smallest absolute Gasteiger partial charge is 0.417 e. The first kappa shape index (κ1) is 29.8. The predicted octanol–water partition coefficient (Wildman–Crippen LogP) is 9.13. The molecule has 4 nitrogen and oxygen atoms in total. The number of aryl methyl sites for hydroxylation is 2. The van der Waals surface area contributed by atoms with Crippen molar-refractivity contribution in [2.75, 3.05) is 0 Å². The third kappa shape index (κ3) is 6.08. The summed E-state index contributed by atoms with van der Waals surface area (Å²) in [5.41, 5.74) is 1.60. The van der Waals surface area contributed by atoms with Gasteiger partial charge in [-0.25, -0.2) is 4.79 Å². The largest absolute Gasteiger partial charge is 0.490 e. The number of hydrogen-bond acceptors (Lipinski definition) is 3. The van der Waals surface area contributed by atoms with E-state index in [1.54, 1.807) is 13.0 Å². The highest BCUT2D eigenvalue weighted by Gasteiger charge is 2.47. The van der Waals surface area contributed by atoms with E-state index in [-0.39, 0.29) is 17.8 Å². The van der Waals surface area contributed by atoms with E-state index in [2.05, 4.69) is 13.5 Å². The lowest BCUT2D eigenvalue weighted by Gasteiger charge is -2.32. The number of nitrogens with zero attached hydrogens (tertiary/aromatic N) is 1. The van der Waals surface area contributed by atoms with Crippen LogP contribution in [0, 0.1) is 5.41 Å². The Morgan fingerprint density at radius 2 is 1.77 bits per heavy atom. The van der Waals surface area contributed by atoms with Crippen LogP contribution in [-0.4, -0.2) is 22.7 Å². The number of aromatic nitrogens is 1. The van der Waals surface area contributed by atoms with Gasteiger partial charge in [-0.2, -0.15) is 13.2 Å². The van der Waals surface area contributed by atoms with Crippen LogP contribution in [0.5, 0.6) is 5.75 Å². The number of halogens is 3. The zero-order valence-corrected chi connectivity index (χ0v) is 24.2. The molecule has 1 fully saturated rings. The third-order valence-corrected chi connectivity index (χ3v) is 8.15. The van der Waals surface area contributed by atoms with Crippen LogP contribution < -0.4 is 4.74 Å². The molecule has 216 valence electrons. The molecule has 1 heterocycles. The average molecular weight is 556 g/mol. The van der Waals surface area contributed by atoms with Gasteiger partial charge in [-0.15, -0.1) is 0 Å². The van der Waals surface area contributed by atoms with Crippen molar-refractivity contribution in [3.05, 3.63) is 65.7 Å². The Bertz CT molecular complexity index is 1390. The van der Waals surface area contributed by atoms with Gasteiger partial charge < -0.3 is 14.0 Å². The first-order chi connectivity index (χ1) is 18.9. The van der Waals surface area contributed by atoms with Crippen molar-refractivity contribution in [3.8, 4) is 17.0 Å². The number of alkyl halides is 3. The van der Waals surface area contributed by atoms with Gasteiger partial charge in [0.2, 0.25) is 0 Å². The molecule has 0 bridgehead atoms. The van der Waals surface area contributed by atoms with Crippen molar-refractivity contribution in [2.45, 2.75) is 98.1 Å². The van der Waals surface area contributed by atoms with Crippen LogP contribution in [0.1, 0.15) is 77.8 Å². The first-order valence-corrected chi connectivity index (χ1v) is 14.2. The van der Waals surface area contributed by atoms with Crippen LogP contribution in [-0.2, 0) is 28.7 Å². The molecular weight excluding hydrogens is 515 g/mol. The van der Waals surface area contributed by atoms with Crippen LogP contribution in [0.25, 0.3) is 22.2 Å². The van der Waals surface area contributed by atoms with E-state index in [1.807, 2.05) is 55.7 Å². The van der Waals surface area contributed by atoms with Crippen molar-refractivity contribution < 1.29 is 27.4 Å². The number of unbranched alkanes of at least 4 members (excludes halogenated alkanes) is 2. The fourth-order valence-corrected chi connectivity index (χ4v) is 5.73. The van der Waals surface area contributed by atoms with Crippen LogP contribution in [0.3, 0.4) is 0 Å². The molecule has 1 aliphatic carbocycles. The molecule has 2 unspecified atom stereocenters. The van der Waals surface area contributed by atoms with Crippen molar-refractivity contribution in [1.82, 2.24) is 4.57 Å². The molecule has 0 radical (unpaired) electrons. The highest BCUT2D eigenvalue weighted by molar-refractivity contribution is 5.89. The second-order valence-electron chi connectivity index (χ2n) is 11.5. The second kappa shape index (κ2) is 11.7. The number of rotatable bonds is 10. The number of fused-ring (bicyclic) bond motifs is 1. The minimum Gasteiger partial charge on any atom is -0.490 e. The maximum atomic E-state index is 14.2. The van der Waals surface area contributed by atoms with Crippen LogP contribution >= 0.6 is 0 Å². The van der Waals surface area contributed by atoms with E-state index in [1.165, 1.54) is 6.07 Å². The molecule has 40 heavy (non-hydrogen) atoms. The van der Waals surface area contributed by atoms with Gasteiger partial charge in [0, 0.05) is 40.2 Å². The Labute approximate surface area is 235 Å². The normalized spacial score (nSPS) is 18.7. The molecule has 0 amide bonds. The van der Waals surface area contributed by atoms with Gasteiger partial charge in [0.15, 0.2) is 0 Å². The highest BCUT2D eigenvalue weighted by atomic mass is 19.4. The third-order valence-electron chi connectivity index (χ3n) is 8.15. The maximum absolute atomic E-state index is 14.2. The van der Waals surface area contributed by atoms with Gasteiger partial charge in [0.1, 0.15) is 18.0 Å². The maximum Gasteiger partial charge on any atom is 0.417 e. The summed E-state index contributed by atoms with van der Waals surface area (Å²) in [6.07, 6.45) is -0.000443. The Kier molecular flexibility index (Phi) is 8.72. The Morgan fingerprint density at radius 3 is 2.42 bits per heavy atom. The van der Waals surface area contributed by atoms with Crippen LogP contribution in [0.15, 0.2) is 54.6 Å². The summed E-state index contributed by atoms with van der Waals surface area (Å²) in [7, 11) is 0. The number of carbonyl (C=O) groups is 1. The SMILES string of the molecule is C=C(C)C(=O)OC1CCC(Oc2ccc3cc(-c4ccc(CCCCC)cc4C(F)(F)F)n(CC)c3c2)C1(C)C. The van der Waals surface area contributed by atoms with Crippen molar-refractivity contribution >= 4 is 16.9 Å². The summed E-state index contributed by atoms with van der Waals surface area (Å²) < 4.78 is 56.8. The quantitative estimate of drug-likeness (QED) is 0.142. The number of esters is 1. The van der Waals surface area contributed by atoms with E-state index in [0.717, 1.165) is 36.6 Å². The molecule has 2 aromatic carbocycles. The fraction of sp³-hybridized carbons (Fsp3) is 0.485. The van der Waals surface area contributed by atoms with Gasteiger partial charge in [0.05, 0.1) is 11.1 Å². The molecule has 1 aromatic heterocycles. The van der Waals surface area contributed by atoms with E-state index < -0.39 is 23.1 Å². The minimum absolute atomic E-state index is 0.186. The molecule has 1 aliphatic rings. The van der Waals surface area contributed by atoms with E-state index in [0.29, 0.717) is 42.0 Å². The summed E-state index contributed by atoms with van der Waals surface area (Å²) in [5, 5.41) is 0.850. The zero-order valence-electron chi connectivity index (χ0n) is 24.2. The lowest BCUT2D eigenvalue weighted by molar-refractivity contribution is -0.150. The fourth-order valence-electron chi connectivity index (χ4n) is 5.73. The van der Waals surface area contributed by atoms with Crippen LogP contribution in [0.2, 0.25) is 0 Å². The zero-order chi connectivity index (χ0) is 29.2. The average Bonchev–Trinajstić information content (AvgIpc) is 3.39. The summed E-state index contributed by atoms with van der Waals surface area (Å²) in [4.78, 5) is 12.1. The van der Waals surface area contributed by atoms with Gasteiger partial charge in [-0.3, -0.25) is 0 Å². The van der Waals surface area contributed by atoms with Crippen molar-refractivity contribution in [3.63, 3.8) is 0 Å². The Hall–Kier alpha value is -3.22. The summed E-state index contributed by atoms with van der Waals surface area (Å²) in [5.74, 6) is 0.236. The minimum atomic E-state index is -4.46. The van der Waals surface area contributed by atoms with Gasteiger partial charge in [-0.05, 0) is 69.4 Å². The molecule has 4 rings (SSSR count). The van der Waals surface area contributed by atoms with Crippen molar-refractivity contribution in [1.29, 1.82) is 0 Å². The molecule has 0 aliphatic heterocycles. The predicted molar refractivity (Wildman–Crippen MR) is 153 cm³/mol. The topological polar surface area (TPSA) is 40.5 Å². The van der Waals surface area contributed by atoms with E-state index >= 15 is 0 Å². The Morgan fingerprint density at radius 1 is 1.05 bits per heavy atom. The summed E-state index contributed by atoms with van der Waals surface area (Å²) >= 11 is 0. The highest BCUT2D eigenvalue weighted by Crippen LogP contribution is 2.44. The standard InChI is InChI=1S/C33H40F3NO3/c1-7-9-10-11-22-12-15-25(26(18-22)33(34,35)36)28-19-23-13-14-24(20-27(23)37(28)8-2)39-29-16-17-30(32(29,5)6)40-31(38)21(3)4/h12-15,18-20,29-30H,3,7-11,16-17H2,1-2,4-6H3. The second-order valence-corrected chi connectivity index (χ2v) is 11.5. The monoisotopic (exact) mass is 555 g/mol. The Balaban J connectivity index is 1.65. The summed E-state index contributed by atoms with van der Waals surface area (Å²) in [6.45, 7) is 13.9. The number of ether oxygens (including phenoxy) is 2. The molecule has 0 N–H and O–H groups in total. The molecule has 0 spiro atoms. The first-order valence-electron chi connectivity index (χ1n) is 14.2. The number of carbonyl (C=O) groups excluding carboxylic acids is 1. The lowest BCUT2D eigenvalue weighted by atomic mass is 9.86. The molecule has 0 saturated heterocycles. The van der Waals surface area contributed by atoms with Gasteiger partial charge >= 0.3 is 12.1 Å². The molecule has 7 heteroatoms. The van der Waals surface area contributed by atoms with Gasteiger partial charge in [-0.1, -0.05) is 52.3 Å². The van der Waals surface area contributed by atoms with E-state index in [4.69, 9.17) is 9.47 Å². The lowest BCUT2D eigenvalue weighted by Crippen LogP contribution is -2.38. The number of benzene rings is 2. The number of hydrogen-bond donors (Lipinski definition) is 0. The molecular formula is C33H40F3NO3. The molecule has 3 aromatic rings. The van der Waals surface area contributed by atoms with Crippen LogP contribution in [0.4, 0.5) is 13.2 Å². The van der Waals surface area contributed by atoms with Gasteiger partial charge in [0.25, 0.3) is 0 Å².